The molecule has 0 radical (unpaired) electrons. The van der Waals surface area contributed by atoms with E-state index in [2.05, 4.69) is 39.8 Å². The Balaban J connectivity index is 1.35. The number of ether oxygens (including phenoxy) is 2. The van der Waals surface area contributed by atoms with Crippen molar-refractivity contribution in [2.24, 2.45) is 46.3 Å². The Morgan fingerprint density at radius 3 is 2.61 bits per heavy atom. The number of fused-ring (bicyclic) bond motifs is 5. The Morgan fingerprint density at radius 2 is 1.87 bits per heavy atom. The molecule has 5 aliphatic rings. The maximum Gasteiger partial charge on any atom is 0.157 e. The first-order valence-corrected chi connectivity index (χ1v) is 13.5. The number of hydrogen-bond acceptors (Lipinski definition) is 3. The minimum absolute atomic E-state index is 0.0450. The summed E-state index contributed by atoms with van der Waals surface area (Å²) in [5, 5.41) is 11.0. The van der Waals surface area contributed by atoms with E-state index < -0.39 is 0 Å². The van der Waals surface area contributed by atoms with Crippen LogP contribution in [0, 0.1) is 46.3 Å². The number of hydrogen-bond donors (Lipinski definition) is 1. The van der Waals surface area contributed by atoms with Gasteiger partial charge in [-0.3, -0.25) is 0 Å². The first-order valence-electron chi connectivity index (χ1n) is 13.5. The van der Waals surface area contributed by atoms with Crippen LogP contribution in [0.2, 0.25) is 0 Å². The zero-order chi connectivity index (χ0) is 21.8. The molecule has 0 aromatic rings. The predicted molar refractivity (Wildman–Crippen MR) is 124 cm³/mol. The first kappa shape index (κ1) is 22.4. The summed E-state index contributed by atoms with van der Waals surface area (Å²) >= 11 is 0. The molecule has 4 aliphatic carbocycles. The van der Waals surface area contributed by atoms with E-state index >= 15 is 0 Å². The number of allylic oxidation sites excluding steroid dienone is 2. The Hall–Kier alpha value is -0.380. The summed E-state index contributed by atoms with van der Waals surface area (Å²) in [6.07, 6.45) is 17.1. The van der Waals surface area contributed by atoms with E-state index in [4.69, 9.17) is 9.47 Å². The Labute approximate surface area is 190 Å². The molecule has 0 aromatic carbocycles. The summed E-state index contributed by atoms with van der Waals surface area (Å²) in [5.41, 5.74) is 0.544. The summed E-state index contributed by atoms with van der Waals surface area (Å²) in [6, 6.07) is 0. The molecule has 5 fully saturated rings. The summed E-state index contributed by atoms with van der Waals surface area (Å²) in [4.78, 5) is 0. The lowest BCUT2D eigenvalue weighted by Gasteiger charge is -2.63. The third-order valence-electron chi connectivity index (χ3n) is 11.1. The van der Waals surface area contributed by atoms with Crippen LogP contribution in [-0.2, 0) is 9.47 Å². The third-order valence-corrected chi connectivity index (χ3v) is 11.1. The van der Waals surface area contributed by atoms with Crippen molar-refractivity contribution in [3.8, 4) is 0 Å². The van der Waals surface area contributed by atoms with Crippen LogP contribution in [0.1, 0.15) is 91.9 Å². The largest absolute Gasteiger partial charge is 0.393 e. The fourth-order valence-electron chi connectivity index (χ4n) is 9.41. The van der Waals surface area contributed by atoms with Gasteiger partial charge in [0.05, 0.1) is 12.2 Å². The smallest absolute Gasteiger partial charge is 0.157 e. The molecule has 31 heavy (non-hydrogen) atoms. The molecule has 1 aliphatic heterocycles. The van der Waals surface area contributed by atoms with Gasteiger partial charge < -0.3 is 14.6 Å². The highest BCUT2D eigenvalue weighted by atomic mass is 16.7. The standard InChI is InChI=1S/C28H46O3/c1-5-8-19-16-24(29)27(3)13-12-23-22(26(19)27)11-10-20-17-21(15-18(2)28(20,23)4)31-25-9-6-7-14-30-25/h5,8,18-26,29H,6-7,9-17H2,1-4H3/t18-,19-,20-,21+,22+,23-,24-,25?,26-,27+,28-/m0/s1. The van der Waals surface area contributed by atoms with Gasteiger partial charge in [0.2, 0.25) is 0 Å². The lowest BCUT2D eigenvalue weighted by atomic mass is 9.42. The molecular weight excluding hydrogens is 384 g/mol. The van der Waals surface area contributed by atoms with E-state index in [9.17, 15) is 5.11 Å². The molecule has 1 heterocycles. The molecular formula is C28H46O3. The van der Waals surface area contributed by atoms with Crippen LogP contribution >= 0.6 is 0 Å². The SMILES string of the molecule is CC=C[C@H]1C[C@H](O)[C@@]2(C)CC[C@H]3[C@@H](CC[C@H]4C[C@H](OC5CCCCO5)C[C@H](C)[C@@]43C)[C@H]12. The zero-order valence-corrected chi connectivity index (χ0v) is 20.4. The van der Waals surface area contributed by atoms with E-state index in [1.807, 2.05) is 0 Å². The monoisotopic (exact) mass is 430 g/mol. The molecule has 3 nitrogen and oxygen atoms in total. The first-order chi connectivity index (χ1) is 14.9. The fraction of sp³-hybridized carbons (Fsp3) is 0.929. The molecule has 11 atom stereocenters. The van der Waals surface area contributed by atoms with Crippen molar-refractivity contribution in [2.45, 2.75) is 110 Å². The van der Waals surface area contributed by atoms with Crippen LogP contribution in [0.5, 0.6) is 0 Å². The van der Waals surface area contributed by atoms with E-state index in [0.717, 1.165) is 37.2 Å². The van der Waals surface area contributed by atoms with Gasteiger partial charge in [0.25, 0.3) is 0 Å². The molecule has 5 rings (SSSR count). The van der Waals surface area contributed by atoms with Crippen LogP contribution in [0.25, 0.3) is 0 Å². The van der Waals surface area contributed by atoms with Crippen molar-refractivity contribution in [3.63, 3.8) is 0 Å². The number of aliphatic hydroxyl groups excluding tert-OH is 1. The van der Waals surface area contributed by atoms with E-state index in [1.165, 1.54) is 51.4 Å². The van der Waals surface area contributed by atoms with Crippen LogP contribution in [0.3, 0.4) is 0 Å². The van der Waals surface area contributed by atoms with Crippen molar-refractivity contribution in [2.75, 3.05) is 6.61 Å². The van der Waals surface area contributed by atoms with Gasteiger partial charge in [-0.25, -0.2) is 0 Å². The second kappa shape index (κ2) is 8.44. The van der Waals surface area contributed by atoms with Crippen molar-refractivity contribution >= 4 is 0 Å². The van der Waals surface area contributed by atoms with Gasteiger partial charge in [0.15, 0.2) is 6.29 Å². The molecule has 1 unspecified atom stereocenters. The predicted octanol–water partition coefficient (Wildman–Crippen LogP) is 6.35. The van der Waals surface area contributed by atoms with Crippen LogP contribution < -0.4 is 0 Å². The Kier molecular flexibility index (Phi) is 6.10. The quantitative estimate of drug-likeness (QED) is 0.419. The molecule has 0 spiro atoms. The fourth-order valence-corrected chi connectivity index (χ4v) is 9.41. The second-order valence-corrected chi connectivity index (χ2v) is 12.3. The average Bonchev–Trinajstić information content (AvgIpc) is 3.00. The minimum Gasteiger partial charge on any atom is -0.393 e. The van der Waals surface area contributed by atoms with Gasteiger partial charge in [-0.05, 0) is 117 Å². The molecule has 0 amide bonds. The second-order valence-electron chi connectivity index (χ2n) is 12.3. The minimum atomic E-state index is -0.123. The third kappa shape index (κ3) is 3.56. The van der Waals surface area contributed by atoms with E-state index in [1.54, 1.807) is 0 Å². The van der Waals surface area contributed by atoms with Crippen LogP contribution in [0.4, 0.5) is 0 Å². The summed E-state index contributed by atoms with van der Waals surface area (Å²) in [7, 11) is 0. The molecule has 3 heteroatoms. The normalized spacial score (nSPS) is 54.9. The van der Waals surface area contributed by atoms with Crippen LogP contribution in [-0.4, -0.2) is 30.2 Å². The molecule has 1 saturated heterocycles. The Morgan fingerprint density at radius 1 is 1.03 bits per heavy atom. The van der Waals surface area contributed by atoms with Crippen molar-refractivity contribution < 1.29 is 14.6 Å². The van der Waals surface area contributed by atoms with Crippen molar-refractivity contribution in [1.82, 2.24) is 0 Å². The lowest BCUT2D eigenvalue weighted by molar-refractivity contribution is -0.223. The maximum absolute atomic E-state index is 11.0. The zero-order valence-electron chi connectivity index (χ0n) is 20.4. The Bertz CT molecular complexity index is 669. The molecule has 1 N–H and O–H groups in total. The summed E-state index contributed by atoms with van der Waals surface area (Å²) < 4.78 is 12.4. The molecule has 0 bridgehead atoms. The van der Waals surface area contributed by atoms with E-state index in [-0.39, 0.29) is 17.8 Å². The topological polar surface area (TPSA) is 38.7 Å². The molecule has 176 valence electrons. The highest BCUT2D eigenvalue weighted by Crippen LogP contribution is 2.68. The van der Waals surface area contributed by atoms with Crippen molar-refractivity contribution in [3.05, 3.63) is 12.2 Å². The summed E-state index contributed by atoms with van der Waals surface area (Å²) in [5.74, 6) is 4.29. The van der Waals surface area contributed by atoms with E-state index in [0.29, 0.717) is 29.3 Å². The van der Waals surface area contributed by atoms with Gasteiger partial charge in [-0.2, -0.15) is 0 Å². The number of rotatable bonds is 3. The molecule has 0 aromatic heterocycles. The lowest BCUT2D eigenvalue weighted by Crippen LogP contribution is -2.58. The number of aliphatic hydroxyl groups is 1. The maximum atomic E-state index is 11.0. The molecule has 4 saturated carbocycles. The van der Waals surface area contributed by atoms with Gasteiger partial charge in [-0.15, -0.1) is 0 Å². The van der Waals surface area contributed by atoms with Crippen molar-refractivity contribution in [1.29, 1.82) is 0 Å². The summed E-state index contributed by atoms with van der Waals surface area (Å²) in [6.45, 7) is 10.6. The highest BCUT2D eigenvalue weighted by Gasteiger charge is 2.63. The highest BCUT2D eigenvalue weighted by molar-refractivity contribution is 5.15. The van der Waals surface area contributed by atoms with Crippen LogP contribution in [0.15, 0.2) is 12.2 Å². The van der Waals surface area contributed by atoms with Gasteiger partial charge in [0, 0.05) is 6.61 Å². The average molecular weight is 431 g/mol. The van der Waals surface area contributed by atoms with Gasteiger partial charge in [-0.1, -0.05) is 32.9 Å². The van der Waals surface area contributed by atoms with Gasteiger partial charge in [0.1, 0.15) is 0 Å². The van der Waals surface area contributed by atoms with Gasteiger partial charge >= 0.3 is 0 Å².